The molecule has 6 nitrogen and oxygen atoms in total. The van der Waals surface area contributed by atoms with Crippen molar-refractivity contribution in [3.8, 4) is 5.75 Å². The number of rotatable bonds is 6. The normalized spacial score (nSPS) is 17.0. The summed E-state index contributed by atoms with van der Waals surface area (Å²) in [6.45, 7) is 3.86. The average Bonchev–Trinajstić information content (AvgIpc) is 3.14. The SMILES string of the molecule is Cc1ccc(S(=O)(=O)Oc2c(CC3(C)C(c4ccccc4)=Nc4ccccc43)occc2=O)cc1. The van der Waals surface area contributed by atoms with Gasteiger partial charge in [0, 0.05) is 17.9 Å². The molecule has 0 saturated heterocycles. The average molecular weight is 486 g/mol. The second-order valence-electron chi connectivity index (χ2n) is 8.74. The minimum Gasteiger partial charge on any atom is -0.465 e. The van der Waals surface area contributed by atoms with Crippen molar-refractivity contribution < 1.29 is 17.0 Å². The summed E-state index contributed by atoms with van der Waals surface area (Å²) in [6, 6.07) is 24.9. The Hall–Kier alpha value is -3.97. The van der Waals surface area contributed by atoms with E-state index in [2.05, 4.69) is 0 Å². The Morgan fingerprint density at radius 3 is 2.34 bits per heavy atom. The number of para-hydroxylation sites is 1. The van der Waals surface area contributed by atoms with Crippen LogP contribution < -0.4 is 9.61 Å². The summed E-state index contributed by atoms with van der Waals surface area (Å²) in [4.78, 5) is 17.6. The highest BCUT2D eigenvalue weighted by atomic mass is 32.2. The van der Waals surface area contributed by atoms with E-state index in [4.69, 9.17) is 13.6 Å². The van der Waals surface area contributed by atoms with E-state index >= 15 is 0 Å². The lowest BCUT2D eigenvalue weighted by molar-refractivity contribution is 0.410. The molecule has 1 unspecified atom stereocenters. The topological polar surface area (TPSA) is 85.9 Å². The highest BCUT2D eigenvalue weighted by Crippen LogP contribution is 2.45. The molecule has 0 N–H and O–H groups in total. The molecule has 1 aliphatic heterocycles. The standard InChI is InChI=1S/C28H23NO5S/c1-19-12-14-21(15-13-19)35(31,32)34-26-24(30)16-17-33-25(26)18-28(2)22-10-6-7-11-23(22)29-27(28)20-8-4-3-5-9-20/h3-17H,18H2,1-2H3. The molecule has 176 valence electrons. The third-order valence-electron chi connectivity index (χ3n) is 6.22. The van der Waals surface area contributed by atoms with Crippen molar-refractivity contribution in [2.75, 3.05) is 0 Å². The van der Waals surface area contributed by atoms with Gasteiger partial charge < -0.3 is 8.60 Å². The Balaban J connectivity index is 1.59. The minimum atomic E-state index is -4.24. The maximum Gasteiger partial charge on any atom is 0.339 e. The van der Waals surface area contributed by atoms with Crippen LogP contribution in [0.1, 0.15) is 29.4 Å². The Kier molecular flexibility index (Phi) is 5.65. The van der Waals surface area contributed by atoms with Crippen LogP contribution in [0.15, 0.2) is 110 Å². The lowest BCUT2D eigenvalue weighted by Gasteiger charge is -2.28. The van der Waals surface area contributed by atoms with E-state index < -0.39 is 21.0 Å². The van der Waals surface area contributed by atoms with Crippen molar-refractivity contribution in [2.45, 2.75) is 30.6 Å². The fourth-order valence-electron chi connectivity index (χ4n) is 4.41. The van der Waals surface area contributed by atoms with Gasteiger partial charge in [0.25, 0.3) is 0 Å². The van der Waals surface area contributed by atoms with Gasteiger partial charge in [0.15, 0.2) is 5.76 Å². The van der Waals surface area contributed by atoms with E-state index in [1.807, 2.05) is 68.4 Å². The number of benzene rings is 3. The molecule has 7 heteroatoms. The number of nitrogens with zero attached hydrogens (tertiary/aromatic N) is 1. The molecule has 0 saturated carbocycles. The second kappa shape index (κ2) is 8.67. The molecular formula is C28H23NO5S. The molecule has 0 bridgehead atoms. The monoisotopic (exact) mass is 485 g/mol. The van der Waals surface area contributed by atoms with Gasteiger partial charge in [-0.3, -0.25) is 9.79 Å². The Labute approximate surface area is 203 Å². The van der Waals surface area contributed by atoms with E-state index in [0.29, 0.717) is 0 Å². The van der Waals surface area contributed by atoms with Crippen molar-refractivity contribution in [3.05, 3.63) is 124 Å². The lowest BCUT2D eigenvalue weighted by atomic mass is 9.74. The summed E-state index contributed by atoms with van der Waals surface area (Å²) >= 11 is 0. The zero-order chi connectivity index (χ0) is 24.6. The van der Waals surface area contributed by atoms with Crippen molar-refractivity contribution in [3.63, 3.8) is 0 Å². The van der Waals surface area contributed by atoms with E-state index in [9.17, 15) is 13.2 Å². The summed E-state index contributed by atoms with van der Waals surface area (Å²) in [5.74, 6) is -0.206. The van der Waals surface area contributed by atoms with Crippen LogP contribution in [0.2, 0.25) is 0 Å². The predicted octanol–water partition coefficient (Wildman–Crippen LogP) is 5.35. The number of hydrogen-bond donors (Lipinski definition) is 0. The first-order chi connectivity index (χ1) is 16.8. The quantitative estimate of drug-likeness (QED) is 0.344. The summed E-state index contributed by atoms with van der Waals surface area (Å²) in [5, 5.41) is 0. The lowest BCUT2D eigenvalue weighted by Crippen LogP contribution is -2.33. The number of hydrogen-bond acceptors (Lipinski definition) is 6. The third kappa shape index (κ3) is 4.19. The van der Waals surface area contributed by atoms with E-state index in [-0.39, 0.29) is 22.8 Å². The maximum atomic E-state index is 13.0. The van der Waals surface area contributed by atoms with Crippen LogP contribution >= 0.6 is 0 Å². The summed E-state index contributed by atoms with van der Waals surface area (Å²) in [5.41, 5.74) is 3.15. The van der Waals surface area contributed by atoms with Crippen molar-refractivity contribution >= 4 is 21.5 Å². The van der Waals surface area contributed by atoms with Crippen LogP contribution in [0.5, 0.6) is 5.75 Å². The summed E-state index contributed by atoms with van der Waals surface area (Å²) in [7, 11) is -4.24. The molecule has 0 aliphatic carbocycles. The first-order valence-corrected chi connectivity index (χ1v) is 12.5. The molecule has 0 fully saturated rings. The number of aryl methyl sites for hydroxylation is 1. The van der Waals surface area contributed by atoms with Crippen molar-refractivity contribution in [1.82, 2.24) is 0 Å². The number of aliphatic imine (C=N–C) groups is 1. The molecule has 0 amide bonds. The number of fused-ring (bicyclic) bond motifs is 1. The van der Waals surface area contributed by atoms with Crippen LogP contribution in [-0.4, -0.2) is 14.1 Å². The zero-order valence-corrected chi connectivity index (χ0v) is 20.1. The van der Waals surface area contributed by atoms with Crippen LogP contribution in [0.25, 0.3) is 0 Å². The second-order valence-corrected chi connectivity index (χ2v) is 10.3. The summed E-state index contributed by atoms with van der Waals surface area (Å²) < 4.78 is 37.1. The molecule has 4 aromatic rings. The first-order valence-electron chi connectivity index (χ1n) is 11.1. The molecule has 35 heavy (non-hydrogen) atoms. The van der Waals surface area contributed by atoms with Crippen molar-refractivity contribution in [1.29, 1.82) is 0 Å². The first kappa shape index (κ1) is 22.8. The molecule has 1 atom stereocenters. The van der Waals surface area contributed by atoms with Crippen molar-refractivity contribution in [2.24, 2.45) is 4.99 Å². The Bertz CT molecular complexity index is 1590. The largest absolute Gasteiger partial charge is 0.465 e. The van der Waals surface area contributed by atoms with Gasteiger partial charge in [0.1, 0.15) is 4.90 Å². The molecule has 0 spiro atoms. The van der Waals surface area contributed by atoms with Gasteiger partial charge in [0.2, 0.25) is 11.2 Å². The zero-order valence-electron chi connectivity index (χ0n) is 19.3. The maximum absolute atomic E-state index is 13.0. The molecule has 1 aromatic heterocycles. The van der Waals surface area contributed by atoms with Gasteiger partial charge in [0.05, 0.1) is 17.7 Å². The molecule has 5 rings (SSSR count). The Morgan fingerprint density at radius 1 is 0.914 bits per heavy atom. The fraction of sp³-hybridized carbons (Fsp3) is 0.143. The molecule has 0 radical (unpaired) electrons. The molecule has 3 aromatic carbocycles. The van der Waals surface area contributed by atoms with Gasteiger partial charge in [-0.25, -0.2) is 0 Å². The third-order valence-corrected chi connectivity index (χ3v) is 7.46. The van der Waals surface area contributed by atoms with Crippen LogP contribution in [0.4, 0.5) is 5.69 Å². The van der Waals surface area contributed by atoms with Gasteiger partial charge in [-0.1, -0.05) is 66.2 Å². The van der Waals surface area contributed by atoms with Crippen LogP contribution in [0, 0.1) is 6.92 Å². The van der Waals surface area contributed by atoms with Crippen LogP contribution in [0.3, 0.4) is 0 Å². The van der Waals surface area contributed by atoms with Gasteiger partial charge in [-0.2, -0.15) is 8.42 Å². The minimum absolute atomic E-state index is 0.0405. The van der Waals surface area contributed by atoms with Crippen LogP contribution in [-0.2, 0) is 22.0 Å². The summed E-state index contributed by atoms with van der Waals surface area (Å²) in [6.07, 6.45) is 1.43. The van der Waals surface area contributed by atoms with Gasteiger partial charge in [-0.15, -0.1) is 0 Å². The fourth-order valence-corrected chi connectivity index (χ4v) is 5.37. The van der Waals surface area contributed by atoms with Gasteiger partial charge >= 0.3 is 10.1 Å². The molecular weight excluding hydrogens is 462 g/mol. The van der Waals surface area contributed by atoms with E-state index in [1.165, 1.54) is 18.4 Å². The van der Waals surface area contributed by atoms with E-state index in [0.717, 1.165) is 34.2 Å². The van der Waals surface area contributed by atoms with Gasteiger partial charge in [-0.05, 0) is 43.2 Å². The Morgan fingerprint density at radius 2 is 1.60 bits per heavy atom. The predicted molar refractivity (Wildman–Crippen MR) is 134 cm³/mol. The molecule has 1 aliphatic rings. The highest BCUT2D eigenvalue weighted by molar-refractivity contribution is 7.87. The molecule has 2 heterocycles. The smallest absolute Gasteiger partial charge is 0.339 e. The highest BCUT2D eigenvalue weighted by Gasteiger charge is 2.42. The van der Waals surface area contributed by atoms with E-state index in [1.54, 1.807) is 12.1 Å².